The molecule has 0 aromatic rings. The summed E-state index contributed by atoms with van der Waals surface area (Å²) in [5, 5.41) is 8.88. The average Bonchev–Trinajstić information content (AvgIpc) is 2.36. The Bertz CT molecular complexity index is 349. The van der Waals surface area contributed by atoms with Crippen LogP contribution in [-0.4, -0.2) is 35.0 Å². The quantitative estimate of drug-likeness (QED) is 0.813. The third kappa shape index (κ3) is 4.50. The number of carboxylic acids is 1. The molecule has 1 saturated heterocycles. The molecular formula is C16H29NO3. The van der Waals surface area contributed by atoms with Crippen LogP contribution < -0.4 is 0 Å². The van der Waals surface area contributed by atoms with Crippen LogP contribution in [-0.2, 0) is 9.59 Å². The van der Waals surface area contributed by atoms with Gasteiger partial charge in [-0.25, -0.2) is 0 Å². The maximum atomic E-state index is 12.3. The van der Waals surface area contributed by atoms with Crippen molar-refractivity contribution in [2.45, 2.75) is 66.2 Å². The first-order chi connectivity index (χ1) is 9.23. The van der Waals surface area contributed by atoms with Crippen molar-refractivity contribution in [3.05, 3.63) is 0 Å². The van der Waals surface area contributed by atoms with Crippen molar-refractivity contribution in [3.63, 3.8) is 0 Å². The Morgan fingerprint density at radius 2 is 1.60 bits per heavy atom. The van der Waals surface area contributed by atoms with Crippen LogP contribution in [0.5, 0.6) is 0 Å². The second kappa shape index (κ2) is 6.59. The molecule has 1 heterocycles. The molecule has 116 valence electrons. The zero-order valence-corrected chi connectivity index (χ0v) is 13.4. The monoisotopic (exact) mass is 283 g/mol. The van der Waals surface area contributed by atoms with Crippen molar-refractivity contribution >= 4 is 11.9 Å². The van der Waals surface area contributed by atoms with Crippen molar-refractivity contribution in [3.8, 4) is 0 Å². The molecule has 4 nitrogen and oxygen atoms in total. The molecule has 0 saturated carbocycles. The van der Waals surface area contributed by atoms with Gasteiger partial charge in [0.25, 0.3) is 0 Å². The fourth-order valence-corrected chi connectivity index (χ4v) is 3.18. The third-order valence-corrected chi connectivity index (χ3v) is 4.94. The summed E-state index contributed by atoms with van der Waals surface area (Å²) in [5.74, 6) is -0.727. The SMILES string of the molecule is CCC1(CC)CCN(C(=O)CC(C)(C)CC(=O)O)CC1. The van der Waals surface area contributed by atoms with Gasteiger partial charge in [-0.05, 0) is 23.7 Å². The number of nitrogens with zero attached hydrogens (tertiary/aromatic N) is 1. The molecule has 1 aliphatic heterocycles. The maximum Gasteiger partial charge on any atom is 0.303 e. The lowest BCUT2D eigenvalue weighted by atomic mass is 9.74. The average molecular weight is 283 g/mol. The van der Waals surface area contributed by atoms with E-state index in [0.717, 1.165) is 25.9 Å². The van der Waals surface area contributed by atoms with Gasteiger partial charge >= 0.3 is 5.97 Å². The van der Waals surface area contributed by atoms with E-state index in [1.165, 1.54) is 12.8 Å². The van der Waals surface area contributed by atoms with Gasteiger partial charge in [0.15, 0.2) is 0 Å². The lowest BCUT2D eigenvalue weighted by molar-refractivity contribution is -0.141. The van der Waals surface area contributed by atoms with Gasteiger partial charge in [-0.2, -0.15) is 0 Å². The first kappa shape index (κ1) is 17.0. The molecule has 1 N–H and O–H groups in total. The third-order valence-electron chi connectivity index (χ3n) is 4.94. The van der Waals surface area contributed by atoms with Crippen molar-refractivity contribution in [2.24, 2.45) is 10.8 Å². The number of carbonyl (C=O) groups is 2. The van der Waals surface area contributed by atoms with Crippen LogP contribution in [0.4, 0.5) is 0 Å². The maximum absolute atomic E-state index is 12.3. The number of amides is 1. The minimum absolute atomic E-state index is 0.0421. The van der Waals surface area contributed by atoms with Gasteiger partial charge in [-0.1, -0.05) is 40.5 Å². The predicted molar refractivity (Wildman–Crippen MR) is 79.5 cm³/mol. The predicted octanol–water partition coefficient (Wildman–Crippen LogP) is 3.31. The summed E-state index contributed by atoms with van der Waals surface area (Å²) >= 11 is 0. The molecule has 0 unspecified atom stereocenters. The highest BCUT2D eigenvalue weighted by Gasteiger charge is 2.34. The van der Waals surface area contributed by atoms with Crippen LogP contribution >= 0.6 is 0 Å². The number of likely N-dealkylation sites (tertiary alicyclic amines) is 1. The zero-order chi connectivity index (χ0) is 15.4. The molecule has 1 fully saturated rings. The first-order valence-corrected chi connectivity index (χ1v) is 7.73. The summed E-state index contributed by atoms with van der Waals surface area (Å²) in [6.45, 7) is 9.82. The summed E-state index contributed by atoms with van der Waals surface area (Å²) in [6, 6.07) is 0. The van der Waals surface area contributed by atoms with E-state index in [1.807, 2.05) is 18.7 Å². The van der Waals surface area contributed by atoms with Crippen LogP contribution in [0.15, 0.2) is 0 Å². The molecule has 0 aromatic heterocycles. The summed E-state index contributed by atoms with van der Waals surface area (Å²) in [7, 11) is 0. The van der Waals surface area contributed by atoms with Gasteiger partial charge < -0.3 is 10.0 Å². The highest BCUT2D eigenvalue weighted by atomic mass is 16.4. The molecule has 1 rings (SSSR count). The van der Waals surface area contributed by atoms with E-state index in [1.54, 1.807) is 0 Å². The summed E-state index contributed by atoms with van der Waals surface area (Å²) in [6.07, 6.45) is 4.87. The molecule has 1 aliphatic rings. The van der Waals surface area contributed by atoms with E-state index in [9.17, 15) is 9.59 Å². The normalized spacial score (nSPS) is 18.9. The van der Waals surface area contributed by atoms with Crippen LogP contribution in [0.25, 0.3) is 0 Å². The van der Waals surface area contributed by atoms with E-state index in [-0.39, 0.29) is 12.3 Å². The summed E-state index contributed by atoms with van der Waals surface area (Å²) in [4.78, 5) is 25.1. The van der Waals surface area contributed by atoms with Crippen molar-refractivity contribution in [1.82, 2.24) is 4.90 Å². The number of piperidine rings is 1. The van der Waals surface area contributed by atoms with Crippen LogP contribution in [0.2, 0.25) is 0 Å². The van der Waals surface area contributed by atoms with Crippen molar-refractivity contribution < 1.29 is 14.7 Å². The molecule has 0 bridgehead atoms. The smallest absolute Gasteiger partial charge is 0.303 e. The minimum Gasteiger partial charge on any atom is -0.481 e. The number of carbonyl (C=O) groups excluding carboxylic acids is 1. The van der Waals surface area contributed by atoms with Gasteiger partial charge in [0.1, 0.15) is 0 Å². The Morgan fingerprint density at radius 1 is 1.10 bits per heavy atom. The van der Waals surface area contributed by atoms with Crippen LogP contribution in [0, 0.1) is 10.8 Å². The van der Waals surface area contributed by atoms with E-state index >= 15 is 0 Å². The second-order valence-corrected chi connectivity index (χ2v) is 7.00. The van der Waals surface area contributed by atoms with Gasteiger partial charge in [-0.3, -0.25) is 9.59 Å². The van der Waals surface area contributed by atoms with Crippen LogP contribution in [0.3, 0.4) is 0 Å². The Hall–Kier alpha value is -1.06. The number of carboxylic acid groups (broad SMARTS) is 1. The summed E-state index contributed by atoms with van der Waals surface area (Å²) < 4.78 is 0. The summed E-state index contributed by atoms with van der Waals surface area (Å²) in [5.41, 5.74) is -0.0552. The van der Waals surface area contributed by atoms with Gasteiger partial charge in [0.2, 0.25) is 5.91 Å². The van der Waals surface area contributed by atoms with Gasteiger partial charge in [-0.15, -0.1) is 0 Å². The Morgan fingerprint density at radius 3 is 2.00 bits per heavy atom. The standard InChI is InChI=1S/C16H29NO3/c1-5-16(6-2)7-9-17(10-8-16)13(18)11-15(3,4)12-14(19)20/h5-12H2,1-4H3,(H,19,20). The van der Waals surface area contributed by atoms with E-state index in [4.69, 9.17) is 5.11 Å². The lowest BCUT2D eigenvalue weighted by Crippen LogP contribution is -2.44. The number of hydrogen-bond acceptors (Lipinski definition) is 2. The van der Waals surface area contributed by atoms with Crippen LogP contribution in [0.1, 0.15) is 66.2 Å². The molecule has 0 aliphatic carbocycles. The molecule has 0 spiro atoms. The van der Waals surface area contributed by atoms with Gasteiger partial charge in [0.05, 0.1) is 6.42 Å². The van der Waals surface area contributed by atoms with E-state index in [0.29, 0.717) is 11.8 Å². The Labute approximate surface area is 122 Å². The molecular weight excluding hydrogens is 254 g/mol. The largest absolute Gasteiger partial charge is 0.481 e. The fraction of sp³-hybridized carbons (Fsp3) is 0.875. The molecule has 0 radical (unpaired) electrons. The molecule has 1 amide bonds. The van der Waals surface area contributed by atoms with E-state index in [2.05, 4.69) is 13.8 Å². The molecule has 20 heavy (non-hydrogen) atoms. The van der Waals surface area contributed by atoms with Crippen molar-refractivity contribution in [1.29, 1.82) is 0 Å². The topological polar surface area (TPSA) is 57.6 Å². The first-order valence-electron chi connectivity index (χ1n) is 7.73. The highest BCUT2D eigenvalue weighted by Crippen LogP contribution is 2.38. The van der Waals surface area contributed by atoms with Crippen molar-refractivity contribution in [2.75, 3.05) is 13.1 Å². The lowest BCUT2D eigenvalue weighted by Gasteiger charge is -2.41. The number of hydrogen-bond donors (Lipinski definition) is 1. The molecule has 0 aromatic carbocycles. The highest BCUT2D eigenvalue weighted by molar-refractivity contribution is 5.78. The minimum atomic E-state index is -0.836. The molecule has 0 atom stereocenters. The Kier molecular flexibility index (Phi) is 5.60. The van der Waals surface area contributed by atoms with E-state index < -0.39 is 11.4 Å². The fourth-order valence-electron chi connectivity index (χ4n) is 3.18. The Balaban J connectivity index is 2.53. The second-order valence-electron chi connectivity index (χ2n) is 7.00. The number of aliphatic carboxylic acids is 1. The number of rotatable bonds is 6. The molecule has 4 heteroatoms. The zero-order valence-electron chi connectivity index (χ0n) is 13.4. The van der Waals surface area contributed by atoms with Gasteiger partial charge in [0, 0.05) is 19.5 Å².